The van der Waals surface area contributed by atoms with Gasteiger partial charge in [0, 0.05) is 10.9 Å². The molecule has 3 N–H and O–H groups in total. The van der Waals surface area contributed by atoms with Gasteiger partial charge in [-0.3, -0.25) is 4.79 Å². The number of nitrogens with two attached hydrogens (primary N) is 1. The van der Waals surface area contributed by atoms with Crippen LogP contribution in [0, 0.1) is 11.8 Å². The SMILES string of the molecule is COC(=O)c1cc(Cl)ccc1NC(=O)C1CCCC1CN. The number of anilines is 1. The highest BCUT2D eigenvalue weighted by molar-refractivity contribution is 6.31. The monoisotopic (exact) mass is 310 g/mol. The second-order valence-corrected chi connectivity index (χ2v) is 5.64. The number of hydrogen-bond acceptors (Lipinski definition) is 4. The zero-order valence-electron chi connectivity index (χ0n) is 11.9. The van der Waals surface area contributed by atoms with Crippen LogP contribution in [0.2, 0.25) is 5.02 Å². The van der Waals surface area contributed by atoms with Crippen LogP contribution in [-0.4, -0.2) is 25.5 Å². The van der Waals surface area contributed by atoms with Crippen molar-refractivity contribution in [1.29, 1.82) is 0 Å². The van der Waals surface area contributed by atoms with Gasteiger partial charge in [0.05, 0.1) is 18.4 Å². The van der Waals surface area contributed by atoms with E-state index in [0.717, 1.165) is 19.3 Å². The molecule has 0 radical (unpaired) electrons. The maximum Gasteiger partial charge on any atom is 0.340 e. The fourth-order valence-electron chi connectivity index (χ4n) is 2.79. The molecule has 0 aliphatic heterocycles. The highest BCUT2D eigenvalue weighted by Crippen LogP contribution is 2.32. The number of amides is 1. The summed E-state index contributed by atoms with van der Waals surface area (Å²) in [5.41, 5.74) is 6.37. The maximum absolute atomic E-state index is 12.4. The van der Waals surface area contributed by atoms with Crippen LogP contribution < -0.4 is 11.1 Å². The summed E-state index contributed by atoms with van der Waals surface area (Å²) in [5, 5.41) is 3.22. The van der Waals surface area contributed by atoms with Crippen LogP contribution in [0.5, 0.6) is 0 Å². The van der Waals surface area contributed by atoms with Crippen LogP contribution in [-0.2, 0) is 9.53 Å². The second kappa shape index (κ2) is 6.91. The van der Waals surface area contributed by atoms with Gasteiger partial charge in [-0.1, -0.05) is 18.0 Å². The standard InChI is InChI=1S/C15H19ClN2O3/c1-21-15(20)12-7-10(16)5-6-13(12)18-14(19)11-4-2-3-9(11)8-17/h5-7,9,11H,2-4,8,17H2,1H3,(H,18,19). The fraction of sp³-hybridized carbons (Fsp3) is 0.467. The number of carbonyl (C=O) groups is 2. The zero-order valence-corrected chi connectivity index (χ0v) is 12.7. The van der Waals surface area contributed by atoms with Crippen molar-refractivity contribution in [3.05, 3.63) is 28.8 Å². The van der Waals surface area contributed by atoms with Gasteiger partial charge in [0.2, 0.25) is 5.91 Å². The number of ether oxygens (including phenoxy) is 1. The van der Waals surface area contributed by atoms with Crippen LogP contribution in [0.25, 0.3) is 0 Å². The molecule has 1 aromatic rings. The van der Waals surface area contributed by atoms with Gasteiger partial charge in [0.1, 0.15) is 0 Å². The molecule has 0 spiro atoms. The lowest BCUT2D eigenvalue weighted by Gasteiger charge is -2.18. The third kappa shape index (κ3) is 3.54. The Kier molecular flexibility index (Phi) is 5.20. The third-order valence-electron chi connectivity index (χ3n) is 3.94. The number of halogens is 1. The van der Waals surface area contributed by atoms with Gasteiger partial charge in [0.25, 0.3) is 0 Å². The van der Waals surface area contributed by atoms with E-state index in [-0.39, 0.29) is 23.3 Å². The van der Waals surface area contributed by atoms with Gasteiger partial charge < -0.3 is 15.8 Å². The predicted octanol–water partition coefficient (Wildman–Crippen LogP) is 2.44. The molecule has 1 saturated carbocycles. The highest BCUT2D eigenvalue weighted by atomic mass is 35.5. The van der Waals surface area contributed by atoms with Gasteiger partial charge in [-0.15, -0.1) is 0 Å². The van der Waals surface area contributed by atoms with Crippen LogP contribution in [0.3, 0.4) is 0 Å². The van der Waals surface area contributed by atoms with Crippen LogP contribution in [0.4, 0.5) is 5.69 Å². The number of nitrogens with one attached hydrogen (secondary N) is 1. The molecular weight excluding hydrogens is 292 g/mol. The Hall–Kier alpha value is -1.59. The van der Waals surface area contributed by atoms with Crippen molar-refractivity contribution in [2.45, 2.75) is 19.3 Å². The second-order valence-electron chi connectivity index (χ2n) is 5.20. The van der Waals surface area contributed by atoms with Crippen molar-refractivity contribution in [3.63, 3.8) is 0 Å². The minimum absolute atomic E-state index is 0.101. The smallest absolute Gasteiger partial charge is 0.340 e. The molecule has 114 valence electrons. The average Bonchev–Trinajstić information content (AvgIpc) is 2.96. The Morgan fingerprint density at radius 3 is 2.86 bits per heavy atom. The zero-order chi connectivity index (χ0) is 15.4. The molecule has 2 atom stereocenters. The van der Waals surface area contributed by atoms with Gasteiger partial charge in [-0.25, -0.2) is 4.79 Å². The van der Waals surface area contributed by atoms with Crippen molar-refractivity contribution in [2.24, 2.45) is 17.6 Å². The molecule has 1 fully saturated rings. The normalized spacial score (nSPS) is 21.1. The summed E-state index contributed by atoms with van der Waals surface area (Å²) < 4.78 is 4.71. The van der Waals surface area contributed by atoms with Crippen molar-refractivity contribution < 1.29 is 14.3 Å². The van der Waals surface area contributed by atoms with Crippen LogP contribution >= 0.6 is 11.6 Å². The topological polar surface area (TPSA) is 81.4 Å². The molecular formula is C15H19ClN2O3. The lowest BCUT2D eigenvalue weighted by atomic mass is 9.95. The Morgan fingerprint density at radius 1 is 1.43 bits per heavy atom. The minimum Gasteiger partial charge on any atom is -0.465 e. The summed E-state index contributed by atoms with van der Waals surface area (Å²) in [6.07, 6.45) is 2.80. The molecule has 0 heterocycles. The van der Waals surface area contributed by atoms with Crippen LogP contribution in [0.15, 0.2) is 18.2 Å². The molecule has 0 bridgehead atoms. The average molecular weight is 311 g/mol. The van der Waals surface area contributed by atoms with E-state index in [1.165, 1.54) is 13.2 Å². The van der Waals surface area contributed by atoms with Crippen molar-refractivity contribution in [2.75, 3.05) is 19.0 Å². The summed E-state index contributed by atoms with van der Waals surface area (Å²) in [6.45, 7) is 0.503. The highest BCUT2D eigenvalue weighted by Gasteiger charge is 2.32. The van der Waals surface area contributed by atoms with E-state index in [0.29, 0.717) is 17.3 Å². The maximum atomic E-state index is 12.4. The van der Waals surface area contributed by atoms with E-state index in [2.05, 4.69) is 5.32 Å². The van der Waals surface area contributed by atoms with Crippen molar-refractivity contribution >= 4 is 29.2 Å². The molecule has 21 heavy (non-hydrogen) atoms. The molecule has 6 heteroatoms. The number of benzene rings is 1. The van der Waals surface area contributed by atoms with Gasteiger partial charge in [-0.2, -0.15) is 0 Å². The van der Waals surface area contributed by atoms with E-state index < -0.39 is 5.97 Å². The number of methoxy groups -OCH3 is 1. The summed E-state index contributed by atoms with van der Waals surface area (Å²) >= 11 is 5.89. The molecule has 0 aromatic heterocycles. The lowest BCUT2D eigenvalue weighted by Crippen LogP contribution is -2.30. The van der Waals surface area contributed by atoms with Gasteiger partial charge in [0.15, 0.2) is 0 Å². The fourth-order valence-corrected chi connectivity index (χ4v) is 2.97. The number of rotatable bonds is 4. The molecule has 2 rings (SSSR count). The number of esters is 1. The first-order chi connectivity index (χ1) is 10.1. The van der Waals surface area contributed by atoms with Crippen molar-refractivity contribution in [3.8, 4) is 0 Å². The van der Waals surface area contributed by atoms with Gasteiger partial charge >= 0.3 is 5.97 Å². The first kappa shape index (κ1) is 15.8. The molecule has 1 amide bonds. The van der Waals surface area contributed by atoms with E-state index in [1.807, 2.05) is 0 Å². The van der Waals surface area contributed by atoms with E-state index in [1.54, 1.807) is 12.1 Å². The van der Waals surface area contributed by atoms with E-state index in [4.69, 9.17) is 22.1 Å². The van der Waals surface area contributed by atoms with Crippen molar-refractivity contribution in [1.82, 2.24) is 0 Å². The summed E-state index contributed by atoms with van der Waals surface area (Å²) in [5.74, 6) is -0.528. The van der Waals surface area contributed by atoms with Gasteiger partial charge in [-0.05, 0) is 43.5 Å². The van der Waals surface area contributed by atoms with Crippen LogP contribution in [0.1, 0.15) is 29.6 Å². The molecule has 0 saturated heterocycles. The largest absolute Gasteiger partial charge is 0.465 e. The summed E-state index contributed by atoms with van der Waals surface area (Å²) in [4.78, 5) is 24.1. The minimum atomic E-state index is -0.533. The summed E-state index contributed by atoms with van der Waals surface area (Å²) in [7, 11) is 1.29. The Balaban J connectivity index is 2.19. The first-order valence-electron chi connectivity index (χ1n) is 6.95. The molecule has 1 aliphatic carbocycles. The summed E-state index contributed by atoms with van der Waals surface area (Å²) in [6, 6.07) is 4.72. The Bertz CT molecular complexity index is 548. The molecule has 1 aliphatic rings. The number of hydrogen-bond donors (Lipinski definition) is 2. The first-order valence-corrected chi connectivity index (χ1v) is 7.33. The lowest BCUT2D eigenvalue weighted by molar-refractivity contribution is -0.120. The quantitative estimate of drug-likeness (QED) is 0.837. The molecule has 1 aromatic carbocycles. The third-order valence-corrected chi connectivity index (χ3v) is 4.18. The Morgan fingerprint density at radius 2 is 2.19 bits per heavy atom. The molecule has 2 unspecified atom stereocenters. The Labute approximate surface area is 128 Å². The molecule has 5 nitrogen and oxygen atoms in total. The van der Waals surface area contributed by atoms with E-state index in [9.17, 15) is 9.59 Å². The van der Waals surface area contributed by atoms with E-state index >= 15 is 0 Å². The predicted molar refractivity (Wildman–Crippen MR) is 81.3 cm³/mol. The number of carbonyl (C=O) groups excluding carboxylic acids is 2.